The van der Waals surface area contributed by atoms with E-state index >= 15 is 0 Å². The molecule has 0 saturated carbocycles. The second-order valence-corrected chi connectivity index (χ2v) is 4.72. The first kappa shape index (κ1) is 12.7. The first-order valence-electron chi connectivity index (χ1n) is 6.76. The summed E-state index contributed by atoms with van der Waals surface area (Å²) in [6.07, 6.45) is 1.79. The molecule has 20 heavy (non-hydrogen) atoms. The molecule has 1 N–H and O–H groups in total. The van der Waals surface area contributed by atoms with Crippen molar-refractivity contribution in [2.75, 3.05) is 6.54 Å². The molecule has 0 bridgehead atoms. The van der Waals surface area contributed by atoms with Gasteiger partial charge < -0.3 is 5.32 Å². The Bertz CT molecular complexity index is 732. The fourth-order valence-electron chi connectivity index (χ4n) is 2.23. The van der Waals surface area contributed by atoms with Crippen molar-refractivity contribution in [2.45, 2.75) is 20.4 Å². The van der Waals surface area contributed by atoms with Crippen molar-refractivity contribution in [3.63, 3.8) is 0 Å². The highest BCUT2D eigenvalue weighted by Crippen LogP contribution is 2.21. The zero-order valence-corrected chi connectivity index (χ0v) is 11.7. The quantitative estimate of drug-likeness (QED) is 0.787. The number of rotatable bonds is 4. The van der Waals surface area contributed by atoms with Crippen molar-refractivity contribution >= 4 is 10.9 Å². The van der Waals surface area contributed by atoms with Crippen LogP contribution in [0.2, 0.25) is 0 Å². The second kappa shape index (κ2) is 5.38. The number of fused-ring (bicyclic) bond motifs is 1. The van der Waals surface area contributed by atoms with Crippen LogP contribution in [0.4, 0.5) is 0 Å². The summed E-state index contributed by atoms with van der Waals surface area (Å²) in [7, 11) is 0. The van der Waals surface area contributed by atoms with E-state index in [1.807, 2.05) is 29.8 Å². The van der Waals surface area contributed by atoms with Crippen molar-refractivity contribution in [3.05, 3.63) is 47.9 Å². The van der Waals surface area contributed by atoms with E-state index in [1.54, 1.807) is 6.20 Å². The van der Waals surface area contributed by atoms with Crippen molar-refractivity contribution in [1.82, 2.24) is 25.3 Å². The van der Waals surface area contributed by atoms with E-state index in [2.05, 4.69) is 39.7 Å². The lowest BCUT2D eigenvalue weighted by Crippen LogP contribution is -2.15. The Morgan fingerprint density at radius 1 is 1.20 bits per heavy atom. The molecule has 5 nitrogen and oxygen atoms in total. The molecule has 0 amide bonds. The maximum absolute atomic E-state index is 4.64. The van der Waals surface area contributed by atoms with Crippen LogP contribution in [0.5, 0.6) is 0 Å². The number of para-hydroxylation sites is 1. The monoisotopic (exact) mass is 267 g/mol. The van der Waals surface area contributed by atoms with Crippen LogP contribution in [0, 0.1) is 6.92 Å². The molecular weight excluding hydrogens is 250 g/mol. The molecule has 5 heteroatoms. The molecule has 0 saturated heterocycles. The number of pyridine rings is 1. The van der Waals surface area contributed by atoms with Gasteiger partial charge in [-0.15, -0.1) is 5.10 Å². The first-order valence-corrected chi connectivity index (χ1v) is 6.76. The fourth-order valence-corrected chi connectivity index (χ4v) is 2.23. The minimum atomic E-state index is 0.742. The molecule has 0 aliphatic rings. The van der Waals surface area contributed by atoms with E-state index in [-0.39, 0.29) is 0 Å². The van der Waals surface area contributed by atoms with E-state index < -0.39 is 0 Å². The molecule has 102 valence electrons. The summed E-state index contributed by atoms with van der Waals surface area (Å²) in [4.78, 5) is 4.64. The van der Waals surface area contributed by atoms with Gasteiger partial charge in [-0.25, -0.2) is 4.68 Å². The number of benzene rings is 1. The molecule has 0 unspecified atom stereocenters. The third-order valence-electron chi connectivity index (χ3n) is 3.24. The molecule has 0 aliphatic carbocycles. The predicted molar refractivity (Wildman–Crippen MR) is 78.8 cm³/mol. The highest BCUT2D eigenvalue weighted by Gasteiger charge is 2.10. The van der Waals surface area contributed by atoms with Crippen molar-refractivity contribution < 1.29 is 0 Å². The maximum atomic E-state index is 4.64. The minimum Gasteiger partial charge on any atom is -0.311 e. The molecule has 3 aromatic rings. The number of aromatic nitrogens is 4. The highest BCUT2D eigenvalue weighted by atomic mass is 15.4. The van der Waals surface area contributed by atoms with E-state index in [1.165, 1.54) is 0 Å². The molecule has 0 aliphatic heterocycles. The normalized spacial score (nSPS) is 11.1. The largest absolute Gasteiger partial charge is 0.311 e. The average Bonchev–Trinajstić information content (AvgIpc) is 2.92. The van der Waals surface area contributed by atoms with Crippen LogP contribution in [-0.4, -0.2) is 26.5 Å². The van der Waals surface area contributed by atoms with Crippen LogP contribution < -0.4 is 5.32 Å². The third-order valence-corrected chi connectivity index (χ3v) is 3.24. The van der Waals surface area contributed by atoms with Crippen LogP contribution >= 0.6 is 0 Å². The third kappa shape index (κ3) is 2.28. The number of hydrogen-bond acceptors (Lipinski definition) is 4. The van der Waals surface area contributed by atoms with E-state index in [0.717, 1.165) is 41.1 Å². The van der Waals surface area contributed by atoms with Crippen molar-refractivity contribution in [3.8, 4) is 5.69 Å². The van der Waals surface area contributed by atoms with Gasteiger partial charge >= 0.3 is 0 Å². The van der Waals surface area contributed by atoms with Crippen LogP contribution in [-0.2, 0) is 6.54 Å². The van der Waals surface area contributed by atoms with Gasteiger partial charge in [-0.2, -0.15) is 0 Å². The Kier molecular flexibility index (Phi) is 3.43. The Morgan fingerprint density at radius 2 is 2.10 bits per heavy atom. The maximum Gasteiger partial charge on any atom is 0.0962 e. The predicted octanol–water partition coefficient (Wildman–Crippen LogP) is 2.23. The lowest BCUT2D eigenvalue weighted by molar-refractivity contribution is 0.673. The zero-order valence-electron chi connectivity index (χ0n) is 11.7. The van der Waals surface area contributed by atoms with Gasteiger partial charge in [0.1, 0.15) is 0 Å². The smallest absolute Gasteiger partial charge is 0.0962 e. The average molecular weight is 267 g/mol. The standard InChI is InChI=1S/C15H17N5/c1-3-16-9-13-10-17-19-20(13)14-6-4-5-12-8-7-11(2)18-15(12)14/h4-8,10,16H,3,9H2,1-2H3. The molecule has 3 rings (SSSR count). The molecule has 0 radical (unpaired) electrons. The van der Waals surface area contributed by atoms with Gasteiger partial charge in [0, 0.05) is 17.6 Å². The van der Waals surface area contributed by atoms with Crippen LogP contribution in [0.25, 0.3) is 16.6 Å². The lowest BCUT2D eigenvalue weighted by Gasteiger charge is -2.09. The molecule has 2 heterocycles. The number of nitrogens with one attached hydrogen (secondary N) is 1. The number of aryl methyl sites for hydroxylation is 1. The van der Waals surface area contributed by atoms with Gasteiger partial charge in [-0.3, -0.25) is 4.98 Å². The summed E-state index contributed by atoms with van der Waals surface area (Å²) in [5, 5.41) is 12.6. The molecular formula is C15H17N5. The van der Waals surface area contributed by atoms with Crippen LogP contribution in [0.15, 0.2) is 36.5 Å². The Morgan fingerprint density at radius 3 is 2.95 bits per heavy atom. The van der Waals surface area contributed by atoms with Crippen LogP contribution in [0.3, 0.4) is 0 Å². The molecule has 0 spiro atoms. The molecule has 1 aromatic carbocycles. The topological polar surface area (TPSA) is 55.6 Å². The summed E-state index contributed by atoms with van der Waals surface area (Å²) in [5.41, 5.74) is 3.95. The second-order valence-electron chi connectivity index (χ2n) is 4.72. The summed E-state index contributed by atoms with van der Waals surface area (Å²) in [5.74, 6) is 0. The first-order chi connectivity index (χ1) is 9.79. The number of nitrogens with zero attached hydrogens (tertiary/aromatic N) is 4. The minimum absolute atomic E-state index is 0.742. The summed E-state index contributed by atoms with van der Waals surface area (Å²) < 4.78 is 1.86. The van der Waals surface area contributed by atoms with Gasteiger partial charge in [0.25, 0.3) is 0 Å². The van der Waals surface area contributed by atoms with Crippen LogP contribution in [0.1, 0.15) is 18.3 Å². The number of hydrogen-bond donors (Lipinski definition) is 1. The Labute approximate surface area is 117 Å². The summed E-state index contributed by atoms with van der Waals surface area (Å²) >= 11 is 0. The van der Waals surface area contributed by atoms with Crippen molar-refractivity contribution in [1.29, 1.82) is 0 Å². The van der Waals surface area contributed by atoms with Crippen molar-refractivity contribution in [2.24, 2.45) is 0 Å². The lowest BCUT2D eigenvalue weighted by atomic mass is 10.1. The van der Waals surface area contributed by atoms with Gasteiger partial charge in [-0.1, -0.05) is 30.3 Å². The van der Waals surface area contributed by atoms with E-state index in [0.29, 0.717) is 0 Å². The SMILES string of the molecule is CCNCc1cnnn1-c1cccc2ccc(C)nc12. The van der Waals surface area contributed by atoms with Gasteiger partial charge in [0.2, 0.25) is 0 Å². The highest BCUT2D eigenvalue weighted by molar-refractivity contribution is 5.86. The fraction of sp³-hybridized carbons (Fsp3) is 0.267. The zero-order chi connectivity index (χ0) is 13.9. The molecule has 0 atom stereocenters. The summed E-state index contributed by atoms with van der Waals surface area (Å²) in [6, 6.07) is 10.2. The van der Waals surface area contributed by atoms with E-state index in [4.69, 9.17) is 0 Å². The Hall–Kier alpha value is -2.27. The molecule has 0 fully saturated rings. The van der Waals surface area contributed by atoms with Gasteiger partial charge in [0.15, 0.2) is 0 Å². The van der Waals surface area contributed by atoms with E-state index in [9.17, 15) is 0 Å². The van der Waals surface area contributed by atoms with Gasteiger partial charge in [0.05, 0.1) is 23.1 Å². The Balaban J connectivity index is 2.14. The van der Waals surface area contributed by atoms with Gasteiger partial charge in [-0.05, 0) is 25.6 Å². The molecule has 2 aromatic heterocycles. The summed E-state index contributed by atoms with van der Waals surface area (Å²) in [6.45, 7) is 5.73.